The summed E-state index contributed by atoms with van der Waals surface area (Å²) in [5, 5.41) is 17.6. The van der Waals surface area contributed by atoms with Gasteiger partial charge in [-0.1, -0.05) is 31.0 Å². The second kappa shape index (κ2) is 9.50. The molecule has 0 unspecified atom stereocenters. The van der Waals surface area contributed by atoms with Crippen LogP contribution in [-0.4, -0.2) is 37.1 Å². The number of hydrogen-bond acceptors (Lipinski definition) is 4. The molecule has 0 saturated heterocycles. The highest BCUT2D eigenvalue weighted by Gasteiger charge is 2.30. The number of aliphatic hydroxyl groups is 1. The largest absolute Gasteiger partial charge is 0.392 e. The first-order valence-electron chi connectivity index (χ1n) is 12.1. The van der Waals surface area contributed by atoms with E-state index in [9.17, 15) is 14.7 Å². The number of amides is 1. The van der Waals surface area contributed by atoms with Gasteiger partial charge in [-0.3, -0.25) is 14.7 Å². The average Bonchev–Trinajstić information content (AvgIpc) is 3.55. The number of rotatable bonds is 6. The molecule has 3 N–H and O–H groups in total. The molecular formula is C28H30N4O3. The molecule has 2 heterocycles. The number of hydrogen-bond donors (Lipinski definition) is 3. The van der Waals surface area contributed by atoms with Crippen molar-refractivity contribution in [2.45, 2.75) is 58.7 Å². The monoisotopic (exact) mass is 470 g/mol. The molecule has 7 nitrogen and oxygen atoms in total. The molecule has 1 aliphatic rings. The molecule has 0 radical (unpaired) electrons. The summed E-state index contributed by atoms with van der Waals surface area (Å²) in [5.74, 6) is -0.0946. The smallest absolute Gasteiger partial charge is 0.255 e. The van der Waals surface area contributed by atoms with Gasteiger partial charge >= 0.3 is 0 Å². The number of carbonyl (C=O) groups excluding carboxylic acids is 1. The lowest BCUT2D eigenvalue weighted by Crippen LogP contribution is -2.40. The SMILES string of the molecule is Cc1cc(C)c(CN(C(=O)c2cc(-c3cccc(CO)c3)cc3[nH]ncc23)C2CCCC2)c(=O)[nH]1. The molecule has 180 valence electrons. The molecule has 0 bridgehead atoms. The Balaban J connectivity index is 1.60. The fraction of sp³-hybridized carbons (Fsp3) is 0.321. The van der Waals surface area contributed by atoms with Gasteiger partial charge in [-0.2, -0.15) is 5.10 Å². The Labute approximate surface area is 203 Å². The first-order chi connectivity index (χ1) is 16.9. The van der Waals surface area contributed by atoms with Gasteiger partial charge in [0.2, 0.25) is 0 Å². The van der Waals surface area contributed by atoms with E-state index >= 15 is 0 Å². The predicted octanol–water partition coefficient (Wildman–Crippen LogP) is 4.61. The quantitative estimate of drug-likeness (QED) is 0.383. The molecular weight excluding hydrogens is 440 g/mol. The van der Waals surface area contributed by atoms with Gasteiger partial charge in [0.1, 0.15) is 0 Å². The van der Waals surface area contributed by atoms with E-state index in [0.717, 1.165) is 64.5 Å². The van der Waals surface area contributed by atoms with Crippen molar-refractivity contribution in [3.05, 3.63) is 87.0 Å². The molecule has 2 aromatic heterocycles. The van der Waals surface area contributed by atoms with Crippen molar-refractivity contribution < 1.29 is 9.90 Å². The minimum atomic E-state index is -0.138. The molecule has 4 aromatic rings. The van der Waals surface area contributed by atoms with Crippen molar-refractivity contribution in [3.63, 3.8) is 0 Å². The Bertz CT molecular complexity index is 1450. The van der Waals surface area contributed by atoms with Crippen molar-refractivity contribution in [2.75, 3.05) is 0 Å². The second-order valence-corrected chi connectivity index (χ2v) is 9.53. The van der Waals surface area contributed by atoms with E-state index < -0.39 is 0 Å². The van der Waals surface area contributed by atoms with Crippen LogP contribution in [0.5, 0.6) is 0 Å². The van der Waals surface area contributed by atoms with Gasteiger partial charge < -0.3 is 15.0 Å². The summed E-state index contributed by atoms with van der Waals surface area (Å²) in [6, 6.07) is 13.6. The maximum atomic E-state index is 14.2. The molecule has 0 atom stereocenters. The van der Waals surface area contributed by atoms with E-state index in [1.54, 1.807) is 6.20 Å². The number of aliphatic hydroxyl groups excluding tert-OH is 1. The first kappa shape index (κ1) is 23.1. The van der Waals surface area contributed by atoms with Crippen LogP contribution >= 0.6 is 0 Å². The molecule has 5 rings (SSSR count). The van der Waals surface area contributed by atoms with Gasteiger partial charge in [0, 0.05) is 22.7 Å². The van der Waals surface area contributed by atoms with E-state index in [4.69, 9.17) is 0 Å². The molecule has 1 amide bonds. The standard InChI is InChI=1S/C28H30N4O3/c1-17-10-18(2)30-27(34)25(17)15-32(22-8-3-4-9-22)28(35)23-12-21(13-26-24(23)14-29-31-26)20-7-5-6-19(11-20)16-33/h5-7,10-14,22,33H,3-4,8-9,15-16H2,1-2H3,(H,29,31)(H,30,34). The Hall–Kier alpha value is -3.71. The summed E-state index contributed by atoms with van der Waals surface area (Å²) in [7, 11) is 0. The number of pyridine rings is 1. The number of fused-ring (bicyclic) bond motifs is 1. The van der Waals surface area contributed by atoms with Gasteiger partial charge in [0.15, 0.2) is 0 Å². The number of nitrogens with zero attached hydrogens (tertiary/aromatic N) is 2. The second-order valence-electron chi connectivity index (χ2n) is 9.53. The number of H-pyrrole nitrogens is 2. The Morgan fingerprint density at radius 3 is 2.66 bits per heavy atom. The summed E-state index contributed by atoms with van der Waals surface area (Å²) in [5.41, 5.74) is 6.13. The zero-order chi connectivity index (χ0) is 24.5. The highest BCUT2D eigenvalue weighted by Crippen LogP contribution is 2.31. The van der Waals surface area contributed by atoms with Crippen molar-refractivity contribution in [1.82, 2.24) is 20.1 Å². The fourth-order valence-electron chi connectivity index (χ4n) is 5.23. The molecule has 1 fully saturated rings. The Morgan fingerprint density at radius 1 is 1.11 bits per heavy atom. The zero-order valence-corrected chi connectivity index (χ0v) is 20.1. The van der Waals surface area contributed by atoms with Crippen LogP contribution in [0.25, 0.3) is 22.0 Å². The maximum absolute atomic E-state index is 14.2. The summed E-state index contributed by atoms with van der Waals surface area (Å²) in [6.45, 7) is 4.02. The van der Waals surface area contributed by atoms with Gasteiger partial charge in [-0.05, 0) is 73.2 Å². The molecule has 0 spiro atoms. The molecule has 1 saturated carbocycles. The predicted molar refractivity (Wildman–Crippen MR) is 136 cm³/mol. The number of aromatic nitrogens is 3. The highest BCUT2D eigenvalue weighted by molar-refractivity contribution is 6.08. The number of benzene rings is 2. The summed E-state index contributed by atoms with van der Waals surface area (Å²) < 4.78 is 0. The lowest BCUT2D eigenvalue weighted by molar-refractivity contribution is 0.0665. The van der Waals surface area contributed by atoms with Crippen LogP contribution < -0.4 is 5.56 Å². The fourth-order valence-corrected chi connectivity index (χ4v) is 5.23. The number of carbonyl (C=O) groups is 1. The van der Waals surface area contributed by atoms with Crippen molar-refractivity contribution in [2.24, 2.45) is 0 Å². The maximum Gasteiger partial charge on any atom is 0.255 e. The van der Waals surface area contributed by atoms with Crippen LogP contribution in [-0.2, 0) is 13.2 Å². The third kappa shape index (κ3) is 4.51. The Morgan fingerprint density at radius 2 is 1.91 bits per heavy atom. The van der Waals surface area contributed by atoms with Crippen LogP contribution in [0.1, 0.15) is 58.4 Å². The Kier molecular flexibility index (Phi) is 6.26. The summed E-state index contributed by atoms with van der Waals surface area (Å²) >= 11 is 0. The van der Waals surface area contributed by atoms with Gasteiger partial charge in [-0.25, -0.2) is 0 Å². The van der Waals surface area contributed by atoms with Crippen LogP contribution in [0.15, 0.2) is 53.5 Å². The molecule has 35 heavy (non-hydrogen) atoms. The van der Waals surface area contributed by atoms with E-state index in [1.807, 2.05) is 61.2 Å². The van der Waals surface area contributed by atoms with Gasteiger partial charge in [0.05, 0.1) is 30.4 Å². The van der Waals surface area contributed by atoms with E-state index in [1.165, 1.54) is 0 Å². The lowest BCUT2D eigenvalue weighted by Gasteiger charge is -2.30. The number of nitrogens with one attached hydrogen (secondary N) is 2. The topological polar surface area (TPSA) is 102 Å². The molecule has 1 aliphatic carbocycles. The highest BCUT2D eigenvalue weighted by atomic mass is 16.3. The van der Waals surface area contributed by atoms with Crippen molar-refractivity contribution >= 4 is 16.8 Å². The summed E-state index contributed by atoms with van der Waals surface area (Å²) in [4.78, 5) is 31.8. The van der Waals surface area contributed by atoms with Crippen LogP contribution in [0.4, 0.5) is 0 Å². The summed E-state index contributed by atoms with van der Waals surface area (Å²) in [6.07, 6.45) is 5.70. The first-order valence-corrected chi connectivity index (χ1v) is 12.1. The van der Waals surface area contributed by atoms with Crippen LogP contribution in [0.3, 0.4) is 0 Å². The lowest BCUT2D eigenvalue weighted by atomic mass is 9.97. The molecule has 0 aliphatic heterocycles. The number of aryl methyl sites for hydroxylation is 2. The zero-order valence-electron chi connectivity index (χ0n) is 20.1. The third-order valence-corrected chi connectivity index (χ3v) is 7.08. The average molecular weight is 471 g/mol. The van der Waals surface area contributed by atoms with E-state index in [0.29, 0.717) is 11.1 Å². The normalized spacial score (nSPS) is 14.0. The van der Waals surface area contributed by atoms with Crippen LogP contribution in [0, 0.1) is 13.8 Å². The molecule has 7 heteroatoms. The van der Waals surface area contributed by atoms with Gasteiger partial charge in [0.25, 0.3) is 11.5 Å². The third-order valence-electron chi connectivity index (χ3n) is 7.08. The number of aromatic amines is 2. The van der Waals surface area contributed by atoms with Crippen LogP contribution in [0.2, 0.25) is 0 Å². The van der Waals surface area contributed by atoms with E-state index in [2.05, 4.69) is 15.2 Å². The van der Waals surface area contributed by atoms with E-state index in [-0.39, 0.29) is 30.7 Å². The van der Waals surface area contributed by atoms with Crippen molar-refractivity contribution in [3.8, 4) is 11.1 Å². The minimum absolute atomic E-state index is 0.0498. The van der Waals surface area contributed by atoms with Crippen molar-refractivity contribution in [1.29, 1.82) is 0 Å². The molecule has 2 aromatic carbocycles. The van der Waals surface area contributed by atoms with Gasteiger partial charge in [-0.15, -0.1) is 0 Å². The minimum Gasteiger partial charge on any atom is -0.392 e.